The first kappa shape index (κ1) is 22.1. The van der Waals surface area contributed by atoms with E-state index in [-0.39, 0.29) is 22.6 Å². The smallest absolute Gasteiger partial charge is 0.243 e. The molecule has 0 spiro atoms. The molecule has 1 aliphatic rings. The first-order valence-electron chi connectivity index (χ1n) is 10.4. The van der Waals surface area contributed by atoms with Gasteiger partial charge in [0.15, 0.2) is 0 Å². The average Bonchev–Trinajstić information content (AvgIpc) is 2.80. The molecule has 1 fully saturated rings. The molecule has 11 heteroatoms. The number of rotatable bonds is 7. The van der Waals surface area contributed by atoms with Crippen molar-refractivity contribution >= 4 is 21.8 Å². The number of nitrogens with one attached hydrogen (secondary N) is 1. The zero-order valence-electron chi connectivity index (χ0n) is 17.6. The van der Waals surface area contributed by atoms with Gasteiger partial charge in [-0.3, -0.25) is 9.97 Å². The Labute approximate surface area is 187 Å². The van der Waals surface area contributed by atoms with Gasteiger partial charge in [0, 0.05) is 50.0 Å². The number of anilines is 2. The van der Waals surface area contributed by atoms with Crippen molar-refractivity contribution in [3.63, 3.8) is 0 Å². The molecule has 0 radical (unpaired) electrons. The molecule has 1 aliphatic heterocycles. The van der Waals surface area contributed by atoms with Crippen LogP contribution < -0.4 is 16.8 Å². The normalized spacial score (nSPS) is 17.3. The van der Waals surface area contributed by atoms with Crippen LogP contribution in [0.4, 0.5) is 11.8 Å². The predicted octanol–water partition coefficient (Wildman–Crippen LogP) is 1.29. The molecule has 1 aromatic carbocycles. The molecule has 4 rings (SSSR count). The second-order valence-corrected chi connectivity index (χ2v) is 9.69. The van der Waals surface area contributed by atoms with Gasteiger partial charge in [-0.25, -0.2) is 13.4 Å². The van der Waals surface area contributed by atoms with Gasteiger partial charge in [-0.05, 0) is 43.0 Å². The van der Waals surface area contributed by atoms with Crippen LogP contribution in [0.25, 0.3) is 11.1 Å². The van der Waals surface area contributed by atoms with Crippen LogP contribution in [0.2, 0.25) is 0 Å². The summed E-state index contributed by atoms with van der Waals surface area (Å²) in [7, 11) is -3.59. The topological polar surface area (TPSA) is 153 Å². The summed E-state index contributed by atoms with van der Waals surface area (Å²) >= 11 is 0. The monoisotopic (exact) mass is 454 g/mol. The van der Waals surface area contributed by atoms with Crippen LogP contribution in [0.3, 0.4) is 0 Å². The number of aromatic nitrogens is 4. The minimum Gasteiger partial charge on any atom is -0.383 e. The Hall–Kier alpha value is -3.15. The van der Waals surface area contributed by atoms with Crippen LogP contribution in [0.15, 0.2) is 53.9 Å². The summed E-state index contributed by atoms with van der Waals surface area (Å²) in [5, 5.41) is 3.36. The van der Waals surface area contributed by atoms with E-state index < -0.39 is 10.0 Å². The molecular weight excluding hydrogens is 428 g/mol. The SMILES string of the molecule is Nc1ncc(-c2ccc(S(=O)(=O)N3CCCC(CNCc4cnccn4)C3)cc2)c(N)n1. The predicted molar refractivity (Wildman–Crippen MR) is 122 cm³/mol. The molecule has 32 heavy (non-hydrogen) atoms. The van der Waals surface area contributed by atoms with Crippen LogP contribution in [0.1, 0.15) is 18.5 Å². The van der Waals surface area contributed by atoms with Gasteiger partial charge < -0.3 is 16.8 Å². The molecular formula is C21H26N8O2S. The van der Waals surface area contributed by atoms with E-state index in [1.807, 2.05) is 0 Å². The average molecular weight is 455 g/mol. The third-order valence-electron chi connectivity index (χ3n) is 5.48. The van der Waals surface area contributed by atoms with E-state index in [1.54, 1.807) is 47.2 Å². The Balaban J connectivity index is 1.41. The van der Waals surface area contributed by atoms with E-state index in [9.17, 15) is 8.42 Å². The summed E-state index contributed by atoms with van der Waals surface area (Å²) in [4.78, 5) is 16.5. The van der Waals surface area contributed by atoms with Crippen molar-refractivity contribution in [3.8, 4) is 11.1 Å². The number of nitrogens with two attached hydrogens (primary N) is 2. The van der Waals surface area contributed by atoms with E-state index in [2.05, 4.69) is 25.3 Å². The summed E-state index contributed by atoms with van der Waals surface area (Å²) in [6.07, 6.45) is 8.36. The fraction of sp³-hybridized carbons (Fsp3) is 0.333. The molecule has 0 aliphatic carbocycles. The molecule has 1 unspecified atom stereocenters. The van der Waals surface area contributed by atoms with Gasteiger partial charge >= 0.3 is 0 Å². The third kappa shape index (κ3) is 5.01. The summed E-state index contributed by atoms with van der Waals surface area (Å²) in [6.45, 7) is 2.33. The lowest BCUT2D eigenvalue weighted by Gasteiger charge is -2.32. The fourth-order valence-electron chi connectivity index (χ4n) is 3.82. The summed E-state index contributed by atoms with van der Waals surface area (Å²) < 4.78 is 28.0. The summed E-state index contributed by atoms with van der Waals surface area (Å²) in [6, 6.07) is 6.61. The highest BCUT2D eigenvalue weighted by molar-refractivity contribution is 7.89. The number of hydrogen-bond acceptors (Lipinski definition) is 9. The minimum atomic E-state index is -3.59. The van der Waals surface area contributed by atoms with Crippen molar-refractivity contribution < 1.29 is 8.42 Å². The Bertz CT molecular complexity index is 1160. The van der Waals surface area contributed by atoms with Gasteiger partial charge in [0.2, 0.25) is 16.0 Å². The largest absolute Gasteiger partial charge is 0.383 e. The molecule has 0 bridgehead atoms. The Morgan fingerprint density at radius 3 is 2.62 bits per heavy atom. The van der Waals surface area contributed by atoms with E-state index in [0.717, 1.165) is 30.6 Å². The second kappa shape index (κ2) is 9.55. The Morgan fingerprint density at radius 2 is 1.91 bits per heavy atom. The number of benzene rings is 1. The quantitative estimate of drug-likeness (QED) is 0.479. The molecule has 0 amide bonds. The molecule has 10 nitrogen and oxygen atoms in total. The highest BCUT2D eigenvalue weighted by Gasteiger charge is 2.30. The highest BCUT2D eigenvalue weighted by atomic mass is 32.2. The Morgan fingerprint density at radius 1 is 1.09 bits per heavy atom. The molecule has 2 aromatic heterocycles. The van der Waals surface area contributed by atoms with Crippen LogP contribution in [-0.4, -0.2) is 52.3 Å². The van der Waals surface area contributed by atoms with Crippen molar-refractivity contribution in [1.82, 2.24) is 29.6 Å². The van der Waals surface area contributed by atoms with Crippen molar-refractivity contribution in [2.45, 2.75) is 24.3 Å². The summed E-state index contributed by atoms with van der Waals surface area (Å²) in [5.74, 6) is 0.582. The van der Waals surface area contributed by atoms with Crippen LogP contribution in [0.5, 0.6) is 0 Å². The molecule has 3 heterocycles. The van der Waals surface area contributed by atoms with Gasteiger partial charge in [-0.15, -0.1) is 0 Å². The maximum Gasteiger partial charge on any atom is 0.243 e. The number of hydrogen-bond donors (Lipinski definition) is 3. The lowest BCUT2D eigenvalue weighted by atomic mass is 10.00. The molecule has 1 atom stereocenters. The number of nitrogen functional groups attached to an aromatic ring is 2. The second-order valence-electron chi connectivity index (χ2n) is 7.75. The summed E-state index contributed by atoms with van der Waals surface area (Å²) in [5.41, 5.74) is 13.7. The van der Waals surface area contributed by atoms with Crippen molar-refractivity contribution in [2.24, 2.45) is 5.92 Å². The fourth-order valence-corrected chi connectivity index (χ4v) is 5.38. The molecule has 168 valence electrons. The van der Waals surface area contributed by atoms with Gasteiger partial charge in [-0.1, -0.05) is 12.1 Å². The molecule has 0 saturated carbocycles. The highest BCUT2D eigenvalue weighted by Crippen LogP contribution is 2.28. The van der Waals surface area contributed by atoms with Crippen LogP contribution in [0, 0.1) is 5.92 Å². The van der Waals surface area contributed by atoms with Gasteiger partial charge in [0.1, 0.15) is 5.82 Å². The van der Waals surface area contributed by atoms with Gasteiger partial charge in [0.05, 0.1) is 10.6 Å². The molecule has 3 aromatic rings. The van der Waals surface area contributed by atoms with E-state index in [1.165, 1.54) is 6.20 Å². The third-order valence-corrected chi connectivity index (χ3v) is 7.36. The van der Waals surface area contributed by atoms with E-state index >= 15 is 0 Å². The molecule has 1 saturated heterocycles. The number of nitrogens with zero attached hydrogens (tertiary/aromatic N) is 5. The zero-order chi connectivity index (χ0) is 22.6. The molecule has 5 N–H and O–H groups in total. The van der Waals surface area contributed by atoms with Crippen LogP contribution >= 0.6 is 0 Å². The van der Waals surface area contributed by atoms with Crippen molar-refractivity contribution in [3.05, 3.63) is 54.7 Å². The lowest BCUT2D eigenvalue weighted by Crippen LogP contribution is -2.42. The maximum atomic E-state index is 13.2. The van der Waals surface area contributed by atoms with Gasteiger partial charge in [-0.2, -0.15) is 9.29 Å². The van der Waals surface area contributed by atoms with Gasteiger partial charge in [0.25, 0.3) is 0 Å². The van der Waals surface area contributed by atoms with E-state index in [4.69, 9.17) is 11.5 Å². The standard InChI is InChI=1S/C21H26N8O2S/c22-20-19(13-27-21(23)28-20)16-3-5-18(6-4-16)32(30,31)29-9-1-2-15(14-29)10-25-12-17-11-24-7-8-26-17/h3-8,11,13,15,25H,1-2,9-10,12,14H2,(H4,22,23,27,28). The first-order chi connectivity index (χ1) is 15.4. The maximum absolute atomic E-state index is 13.2. The first-order valence-corrected chi connectivity index (χ1v) is 11.8. The lowest BCUT2D eigenvalue weighted by molar-refractivity contribution is 0.259. The zero-order valence-corrected chi connectivity index (χ0v) is 18.4. The number of sulfonamides is 1. The minimum absolute atomic E-state index is 0.0938. The number of piperidine rings is 1. The van der Waals surface area contributed by atoms with Crippen molar-refractivity contribution in [2.75, 3.05) is 31.1 Å². The Kier molecular flexibility index (Phi) is 6.58. The van der Waals surface area contributed by atoms with Crippen molar-refractivity contribution in [1.29, 1.82) is 0 Å². The van der Waals surface area contributed by atoms with Crippen LogP contribution in [-0.2, 0) is 16.6 Å². The van der Waals surface area contributed by atoms with E-state index in [0.29, 0.717) is 25.2 Å².